The number of hydrogen-bond donors (Lipinski definition) is 0. The molecule has 1 aromatic carbocycles. The Morgan fingerprint density at radius 3 is 2.73 bits per heavy atom. The number of thioether (sulfide) groups is 1. The number of thiazole rings is 1. The molecule has 22 heavy (non-hydrogen) atoms. The number of hydrogen-bond acceptors (Lipinski definition) is 4. The summed E-state index contributed by atoms with van der Waals surface area (Å²) in [6.07, 6.45) is 4.20. The molecular weight excluding hydrogens is 312 g/mol. The van der Waals surface area contributed by atoms with Crippen molar-refractivity contribution in [1.29, 1.82) is 0 Å². The number of amides is 1. The zero-order chi connectivity index (χ0) is 15.2. The molecule has 0 aliphatic carbocycles. The highest BCUT2D eigenvalue weighted by Gasteiger charge is 2.16. The van der Waals surface area contributed by atoms with Crippen LogP contribution in [0.25, 0.3) is 11.3 Å². The van der Waals surface area contributed by atoms with Gasteiger partial charge in [0.05, 0.1) is 5.69 Å². The molecule has 2 heterocycles. The van der Waals surface area contributed by atoms with Gasteiger partial charge in [0.2, 0.25) is 5.91 Å². The van der Waals surface area contributed by atoms with Crippen LogP contribution in [0.3, 0.4) is 0 Å². The fourth-order valence-electron chi connectivity index (χ4n) is 2.59. The van der Waals surface area contributed by atoms with Crippen molar-refractivity contribution in [2.45, 2.75) is 30.0 Å². The molecule has 1 aromatic heterocycles. The number of piperidine rings is 1. The SMILES string of the molecule is O=C(CCSc1nc(-c2ccccc2)cs1)N1CCCCC1. The maximum Gasteiger partial charge on any atom is 0.223 e. The number of likely N-dealkylation sites (tertiary alicyclic amines) is 1. The van der Waals surface area contributed by atoms with Crippen molar-refractivity contribution in [3.8, 4) is 11.3 Å². The molecule has 3 rings (SSSR count). The van der Waals surface area contributed by atoms with Crippen molar-refractivity contribution < 1.29 is 4.79 Å². The highest BCUT2D eigenvalue weighted by molar-refractivity contribution is 8.01. The Morgan fingerprint density at radius 2 is 1.95 bits per heavy atom. The van der Waals surface area contributed by atoms with Gasteiger partial charge in [-0.15, -0.1) is 11.3 Å². The molecule has 2 aromatic rings. The fourth-order valence-corrected chi connectivity index (χ4v) is 4.43. The van der Waals surface area contributed by atoms with Crippen LogP contribution in [0, 0.1) is 0 Å². The van der Waals surface area contributed by atoms with Gasteiger partial charge in [0, 0.05) is 36.2 Å². The van der Waals surface area contributed by atoms with Crippen LogP contribution in [0.5, 0.6) is 0 Å². The van der Waals surface area contributed by atoms with Gasteiger partial charge in [-0.2, -0.15) is 0 Å². The summed E-state index contributed by atoms with van der Waals surface area (Å²) < 4.78 is 1.05. The molecule has 116 valence electrons. The van der Waals surface area contributed by atoms with Crippen molar-refractivity contribution in [1.82, 2.24) is 9.88 Å². The number of carbonyl (C=O) groups is 1. The lowest BCUT2D eigenvalue weighted by Crippen LogP contribution is -2.35. The topological polar surface area (TPSA) is 33.2 Å². The molecule has 3 nitrogen and oxygen atoms in total. The van der Waals surface area contributed by atoms with E-state index in [1.165, 1.54) is 6.42 Å². The van der Waals surface area contributed by atoms with E-state index in [-0.39, 0.29) is 0 Å². The molecule has 0 radical (unpaired) electrons. The highest BCUT2D eigenvalue weighted by Crippen LogP contribution is 2.28. The highest BCUT2D eigenvalue weighted by atomic mass is 32.2. The van der Waals surface area contributed by atoms with Crippen molar-refractivity contribution in [3.63, 3.8) is 0 Å². The first kappa shape index (κ1) is 15.6. The monoisotopic (exact) mass is 332 g/mol. The maximum atomic E-state index is 12.1. The Balaban J connectivity index is 1.48. The summed E-state index contributed by atoms with van der Waals surface area (Å²) in [6.45, 7) is 1.89. The van der Waals surface area contributed by atoms with Gasteiger partial charge in [-0.3, -0.25) is 4.79 Å². The Labute approximate surface area is 139 Å². The first-order valence-corrected chi connectivity index (χ1v) is 9.61. The van der Waals surface area contributed by atoms with Crippen molar-refractivity contribution in [2.24, 2.45) is 0 Å². The normalized spacial score (nSPS) is 15.0. The van der Waals surface area contributed by atoms with Crippen LogP contribution >= 0.6 is 23.1 Å². The standard InChI is InChI=1S/C17H20N2OS2/c20-16(19-10-5-2-6-11-19)9-12-21-17-18-15(13-22-17)14-7-3-1-4-8-14/h1,3-4,7-8,13H,2,5-6,9-12H2. The maximum absolute atomic E-state index is 12.1. The summed E-state index contributed by atoms with van der Waals surface area (Å²) in [5.74, 6) is 1.11. The molecule has 0 bridgehead atoms. The minimum Gasteiger partial charge on any atom is -0.343 e. The molecule has 0 atom stereocenters. The third-order valence-electron chi connectivity index (χ3n) is 3.80. The Morgan fingerprint density at radius 1 is 1.18 bits per heavy atom. The third kappa shape index (κ3) is 4.11. The van der Waals surface area contributed by atoms with Crippen molar-refractivity contribution in [2.75, 3.05) is 18.8 Å². The van der Waals surface area contributed by atoms with Crippen LogP contribution in [0.1, 0.15) is 25.7 Å². The van der Waals surface area contributed by atoms with Gasteiger partial charge < -0.3 is 4.90 Å². The van der Waals surface area contributed by atoms with Crippen LogP contribution in [0.15, 0.2) is 40.1 Å². The van der Waals surface area contributed by atoms with E-state index in [0.717, 1.165) is 47.3 Å². The number of benzene rings is 1. The van der Waals surface area contributed by atoms with E-state index >= 15 is 0 Å². The van der Waals surface area contributed by atoms with E-state index in [9.17, 15) is 4.79 Å². The van der Waals surface area contributed by atoms with Crippen LogP contribution in [-0.2, 0) is 4.79 Å². The number of carbonyl (C=O) groups excluding carboxylic acids is 1. The smallest absolute Gasteiger partial charge is 0.223 e. The van der Waals surface area contributed by atoms with E-state index in [1.807, 2.05) is 23.1 Å². The average Bonchev–Trinajstić information content (AvgIpc) is 3.05. The first-order chi connectivity index (χ1) is 10.8. The largest absolute Gasteiger partial charge is 0.343 e. The lowest BCUT2D eigenvalue weighted by molar-refractivity contribution is -0.131. The van der Waals surface area contributed by atoms with Crippen LogP contribution in [-0.4, -0.2) is 34.6 Å². The summed E-state index contributed by atoms with van der Waals surface area (Å²) in [6, 6.07) is 10.2. The molecule has 1 aliphatic rings. The molecule has 1 amide bonds. The lowest BCUT2D eigenvalue weighted by atomic mass is 10.1. The summed E-state index contributed by atoms with van der Waals surface area (Å²) in [4.78, 5) is 18.8. The van der Waals surface area contributed by atoms with E-state index < -0.39 is 0 Å². The van der Waals surface area contributed by atoms with E-state index in [0.29, 0.717) is 12.3 Å². The molecule has 1 saturated heterocycles. The van der Waals surface area contributed by atoms with E-state index in [2.05, 4.69) is 22.5 Å². The Hall–Kier alpha value is -1.33. The summed E-state index contributed by atoms with van der Waals surface area (Å²) in [5.41, 5.74) is 2.17. The fraction of sp³-hybridized carbons (Fsp3) is 0.412. The summed E-state index contributed by atoms with van der Waals surface area (Å²) >= 11 is 3.35. The van der Waals surface area contributed by atoms with Gasteiger partial charge in [-0.05, 0) is 19.3 Å². The predicted octanol–water partition coefficient (Wildman–Crippen LogP) is 4.30. The number of nitrogens with zero attached hydrogens (tertiary/aromatic N) is 2. The predicted molar refractivity (Wildman–Crippen MR) is 93.3 cm³/mol. The molecule has 1 fully saturated rings. The average molecular weight is 332 g/mol. The van der Waals surface area contributed by atoms with Crippen LogP contribution in [0.4, 0.5) is 0 Å². The van der Waals surface area contributed by atoms with E-state index in [4.69, 9.17) is 0 Å². The van der Waals surface area contributed by atoms with Crippen LogP contribution in [0.2, 0.25) is 0 Å². The van der Waals surface area contributed by atoms with Crippen molar-refractivity contribution >= 4 is 29.0 Å². The Kier molecular flexibility index (Phi) is 5.51. The zero-order valence-electron chi connectivity index (χ0n) is 12.5. The van der Waals surface area contributed by atoms with Gasteiger partial charge in [0.15, 0.2) is 4.34 Å². The van der Waals surface area contributed by atoms with E-state index in [1.54, 1.807) is 23.1 Å². The molecule has 0 spiro atoms. The van der Waals surface area contributed by atoms with Gasteiger partial charge in [-0.1, -0.05) is 42.1 Å². The second-order valence-electron chi connectivity index (χ2n) is 5.40. The van der Waals surface area contributed by atoms with Gasteiger partial charge >= 0.3 is 0 Å². The molecule has 5 heteroatoms. The number of aromatic nitrogens is 1. The van der Waals surface area contributed by atoms with Crippen LogP contribution < -0.4 is 0 Å². The second kappa shape index (κ2) is 7.79. The second-order valence-corrected chi connectivity index (χ2v) is 7.60. The van der Waals surface area contributed by atoms with Gasteiger partial charge in [0.25, 0.3) is 0 Å². The minimum absolute atomic E-state index is 0.298. The first-order valence-electron chi connectivity index (χ1n) is 7.74. The molecule has 0 unspecified atom stereocenters. The summed E-state index contributed by atoms with van der Waals surface area (Å²) in [7, 11) is 0. The minimum atomic E-state index is 0.298. The van der Waals surface area contributed by atoms with Crippen molar-refractivity contribution in [3.05, 3.63) is 35.7 Å². The molecular formula is C17H20N2OS2. The number of rotatable bonds is 5. The molecule has 0 N–H and O–H groups in total. The van der Waals surface area contributed by atoms with Gasteiger partial charge in [0.1, 0.15) is 0 Å². The quantitative estimate of drug-likeness (QED) is 0.765. The summed E-state index contributed by atoms with van der Waals surface area (Å²) in [5, 5.41) is 2.09. The molecule has 1 aliphatic heterocycles. The lowest BCUT2D eigenvalue weighted by Gasteiger charge is -2.26. The molecule has 0 saturated carbocycles. The zero-order valence-corrected chi connectivity index (χ0v) is 14.2. The third-order valence-corrected chi connectivity index (χ3v) is 5.83. The Bertz CT molecular complexity index is 606. The van der Waals surface area contributed by atoms with Gasteiger partial charge in [-0.25, -0.2) is 4.98 Å².